The minimum absolute atomic E-state index is 0.350. The summed E-state index contributed by atoms with van der Waals surface area (Å²) in [5, 5.41) is 0. The second-order valence-electron chi connectivity index (χ2n) is 7.43. The lowest BCUT2D eigenvalue weighted by molar-refractivity contribution is -0.0550. The third kappa shape index (κ3) is 2.01. The first-order valence-corrected chi connectivity index (χ1v) is 7.87. The largest absolute Gasteiger partial charge is 0.373 e. The maximum absolute atomic E-state index is 6.32. The number of hydrogen-bond donors (Lipinski definition) is 1. The molecule has 2 heteroatoms. The summed E-state index contributed by atoms with van der Waals surface area (Å²) in [5.74, 6) is 0.841. The van der Waals surface area contributed by atoms with E-state index in [1.54, 1.807) is 0 Å². The highest BCUT2D eigenvalue weighted by molar-refractivity contribution is 5.23. The molecule has 0 aromatic heterocycles. The molecule has 3 unspecified atom stereocenters. The first-order chi connectivity index (χ1) is 9.47. The van der Waals surface area contributed by atoms with Crippen LogP contribution in [0, 0.1) is 16.7 Å². The topological polar surface area (TPSA) is 35.2 Å². The van der Waals surface area contributed by atoms with E-state index in [0.29, 0.717) is 23.5 Å². The molecule has 3 atom stereocenters. The maximum atomic E-state index is 6.32. The van der Waals surface area contributed by atoms with E-state index in [1.165, 1.54) is 30.4 Å². The molecule has 2 bridgehead atoms. The van der Waals surface area contributed by atoms with Gasteiger partial charge in [0.05, 0.1) is 12.7 Å². The Morgan fingerprint density at radius 3 is 2.60 bits per heavy atom. The van der Waals surface area contributed by atoms with Crippen molar-refractivity contribution < 1.29 is 4.74 Å². The molecule has 110 valence electrons. The van der Waals surface area contributed by atoms with Crippen molar-refractivity contribution in [3.8, 4) is 0 Å². The number of fused-ring (bicyclic) bond motifs is 2. The van der Waals surface area contributed by atoms with Crippen molar-refractivity contribution in [2.75, 3.05) is 0 Å². The monoisotopic (exact) mass is 273 g/mol. The van der Waals surface area contributed by atoms with Gasteiger partial charge in [0.2, 0.25) is 0 Å². The molecule has 2 aliphatic carbocycles. The van der Waals surface area contributed by atoms with Crippen molar-refractivity contribution in [1.82, 2.24) is 0 Å². The molecule has 2 saturated carbocycles. The summed E-state index contributed by atoms with van der Waals surface area (Å²) in [6, 6.07) is 8.46. The number of nitrogens with two attached hydrogens (primary N) is 1. The molecule has 1 aromatic rings. The van der Waals surface area contributed by atoms with Gasteiger partial charge in [-0.1, -0.05) is 45.0 Å². The van der Waals surface area contributed by atoms with Crippen LogP contribution in [0.25, 0.3) is 0 Å². The van der Waals surface area contributed by atoms with Crippen LogP contribution >= 0.6 is 0 Å². The Morgan fingerprint density at radius 2 is 2.00 bits per heavy atom. The molecular weight excluding hydrogens is 246 g/mol. The van der Waals surface area contributed by atoms with E-state index in [0.717, 1.165) is 12.5 Å². The predicted molar refractivity (Wildman–Crippen MR) is 82.1 cm³/mol. The van der Waals surface area contributed by atoms with Crippen molar-refractivity contribution >= 4 is 0 Å². The van der Waals surface area contributed by atoms with E-state index in [2.05, 4.69) is 45.0 Å². The lowest BCUT2D eigenvalue weighted by Gasteiger charge is -2.39. The normalized spacial score (nSPS) is 34.6. The van der Waals surface area contributed by atoms with Gasteiger partial charge in [0.1, 0.15) is 0 Å². The van der Waals surface area contributed by atoms with Gasteiger partial charge in [-0.25, -0.2) is 0 Å². The van der Waals surface area contributed by atoms with E-state index < -0.39 is 0 Å². The number of ether oxygens (including phenoxy) is 1. The van der Waals surface area contributed by atoms with Gasteiger partial charge in [-0.15, -0.1) is 0 Å². The van der Waals surface area contributed by atoms with Crippen LogP contribution in [0.15, 0.2) is 24.3 Å². The molecule has 3 rings (SSSR count). The highest BCUT2D eigenvalue weighted by atomic mass is 16.5. The fraction of sp³-hybridized carbons (Fsp3) is 0.667. The summed E-state index contributed by atoms with van der Waals surface area (Å²) < 4.78 is 6.32. The molecule has 2 nitrogen and oxygen atoms in total. The van der Waals surface area contributed by atoms with Gasteiger partial charge in [0.25, 0.3) is 0 Å². The third-order valence-corrected chi connectivity index (χ3v) is 6.39. The SMILES string of the molecule is CC1(C)C2CCC1(C)C(OCc1cccc(CN)c1)C2. The zero-order valence-corrected chi connectivity index (χ0v) is 13.0. The first-order valence-electron chi connectivity index (χ1n) is 7.87. The van der Waals surface area contributed by atoms with Gasteiger partial charge in [-0.3, -0.25) is 0 Å². The number of rotatable bonds is 4. The average Bonchev–Trinajstić information content (AvgIpc) is 2.78. The van der Waals surface area contributed by atoms with Gasteiger partial charge in [-0.2, -0.15) is 0 Å². The van der Waals surface area contributed by atoms with Gasteiger partial charge < -0.3 is 10.5 Å². The maximum Gasteiger partial charge on any atom is 0.0721 e. The average molecular weight is 273 g/mol. The van der Waals surface area contributed by atoms with Crippen LogP contribution in [0.1, 0.15) is 51.2 Å². The number of hydrogen-bond acceptors (Lipinski definition) is 2. The summed E-state index contributed by atoms with van der Waals surface area (Å²) in [6.07, 6.45) is 4.35. The molecule has 0 heterocycles. The zero-order valence-electron chi connectivity index (χ0n) is 13.0. The Hall–Kier alpha value is -0.860. The molecule has 2 N–H and O–H groups in total. The van der Waals surface area contributed by atoms with Crippen LogP contribution in [-0.2, 0) is 17.9 Å². The molecule has 1 aromatic carbocycles. The Labute approximate surface area is 122 Å². The van der Waals surface area contributed by atoms with Gasteiger partial charge in [0.15, 0.2) is 0 Å². The quantitative estimate of drug-likeness (QED) is 0.903. The second-order valence-corrected chi connectivity index (χ2v) is 7.43. The second kappa shape index (κ2) is 4.85. The molecule has 2 aliphatic rings. The fourth-order valence-electron chi connectivity index (χ4n) is 4.43. The molecule has 0 radical (unpaired) electrons. The fourth-order valence-corrected chi connectivity index (χ4v) is 4.43. The first kappa shape index (κ1) is 14.1. The van der Waals surface area contributed by atoms with Crippen LogP contribution in [0.4, 0.5) is 0 Å². The van der Waals surface area contributed by atoms with Crippen LogP contribution in [-0.4, -0.2) is 6.10 Å². The summed E-state index contributed by atoms with van der Waals surface area (Å²) in [5.41, 5.74) is 8.91. The van der Waals surface area contributed by atoms with Crippen LogP contribution in [0.5, 0.6) is 0 Å². The van der Waals surface area contributed by atoms with E-state index in [4.69, 9.17) is 10.5 Å². The molecule has 0 saturated heterocycles. The van der Waals surface area contributed by atoms with Crippen LogP contribution in [0.2, 0.25) is 0 Å². The van der Waals surface area contributed by atoms with Crippen LogP contribution < -0.4 is 5.73 Å². The minimum Gasteiger partial charge on any atom is -0.373 e. The lowest BCUT2D eigenvalue weighted by atomic mass is 9.70. The summed E-state index contributed by atoms with van der Waals surface area (Å²) in [4.78, 5) is 0. The molecule has 0 spiro atoms. The van der Waals surface area contributed by atoms with E-state index in [1.807, 2.05) is 0 Å². The predicted octanol–water partition coefficient (Wildman–Crippen LogP) is 3.88. The molecule has 2 fully saturated rings. The Balaban J connectivity index is 1.68. The van der Waals surface area contributed by atoms with Crippen LogP contribution in [0.3, 0.4) is 0 Å². The molecular formula is C18H27NO. The minimum atomic E-state index is 0.350. The highest BCUT2D eigenvalue weighted by Crippen LogP contribution is 2.66. The third-order valence-electron chi connectivity index (χ3n) is 6.39. The summed E-state index contributed by atoms with van der Waals surface area (Å²) in [7, 11) is 0. The highest BCUT2D eigenvalue weighted by Gasteiger charge is 2.61. The van der Waals surface area contributed by atoms with Gasteiger partial charge in [0, 0.05) is 6.54 Å². The standard InChI is InChI=1S/C18H27NO/c1-17(2)15-7-8-18(17,3)16(10-15)20-12-14-6-4-5-13(9-14)11-19/h4-6,9,15-16H,7-8,10-12,19H2,1-3H3. The Bertz CT molecular complexity index is 496. The summed E-state index contributed by atoms with van der Waals surface area (Å²) >= 11 is 0. The van der Waals surface area contributed by atoms with E-state index >= 15 is 0 Å². The van der Waals surface area contributed by atoms with Gasteiger partial charge >= 0.3 is 0 Å². The van der Waals surface area contributed by atoms with Crippen molar-refractivity contribution in [2.45, 2.75) is 59.3 Å². The molecule has 20 heavy (non-hydrogen) atoms. The van der Waals surface area contributed by atoms with Crippen molar-refractivity contribution in [2.24, 2.45) is 22.5 Å². The Morgan fingerprint density at radius 1 is 1.25 bits per heavy atom. The smallest absolute Gasteiger partial charge is 0.0721 e. The summed E-state index contributed by atoms with van der Waals surface area (Å²) in [6.45, 7) is 8.62. The van der Waals surface area contributed by atoms with E-state index in [9.17, 15) is 0 Å². The Kier molecular flexibility index (Phi) is 3.42. The van der Waals surface area contributed by atoms with Crippen molar-refractivity contribution in [3.63, 3.8) is 0 Å². The molecule has 0 aliphatic heterocycles. The van der Waals surface area contributed by atoms with E-state index in [-0.39, 0.29) is 0 Å². The molecule has 0 amide bonds. The van der Waals surface area contributed by atoms with Gasteiger partial charge in [-0.05, 0) is 47.1 Å². The zero-order chi connectivity index (χ0) is 14.4. The van der Waals surface area contributed by atoms with Crippen molar-refractivity contribution in [3.05, 3.63) is 35.4 Å². The lowest BCUT2D eigenvalue weighted by Crippen LogP contribution is -2.37. The van der Waals surface area contributed by atoms with Crippen molar-refractivity contribution in [1.29, 1.82) is 0 Å². The number of benzene rings is 1.